The Kier molecular flexibility index (Phi) is 4.39. The summed E-state index contributed by atoms with van der Waals surface area (Å²) in [5, 5.41) is 30.0. The van der Waals surface area contributed by atoms with Gasteiger partial charge in [-0.1, -0.05) is 30.3 Å². The van der Waals surface area contributed by atoms with Crippen LogP contribution in [0.25, 0.3) is 11.6 Å². The number of rotatable bonds is 4. The first-order valence-corrected chi connectivity index (χ1v) is 6.29. The minimum Gasteiger partial charge on any atom is -0.500 e. The fourth-order valence-electron chi connectivity index (χ4n) is 1.96. The van der Waals surface area contributed by atoms with Gasteiger partial charge in [0.15, 0.2) is 5.75 Å². The highest BCUT2D eigenvalue weighted by atomic mass is 16.6. The van der Waals surface area contributed by atoms with Crippen LogP contribution in [0.4, 0.5) is 5.69 Å². The van der Waals surface area contributed by atoms with Crippen molar-refractivity contribution >= 4 is 17.3 Å². The Morgan fingerprint density at radius 3 is 2.59 bits per heavy atom. The predicted octanol–water partition coefficient (Wildman–Crippen LogP) is 3.37. The first kappa shape index (κ1) is 15.1. The number of hydrogen-bond donors (Lipinski definition) is 1. The maximum Gasteiger partial charge on any atom is 0.315 e. The number of phenolic OH excluding ortho intramolecular Hbond substituents is 1. The van der Waals surface area contributed by atoms with Gasteiger partial charge in [-0.2, -0.15) is 5.26 Å². The number of nitro groups is 1. The van der Waals surface area contributed by atoms with E-state index in [1.54, 1.807) is 24.3 Å². The Morgan fingerprint density at radius 1 is 1.36 bits per heavy atom. The SMILES string of the molecule is COc1cc(/C=C(\C#N)c2ccccc2)cc([N+](=O)[O-])c1O. The number of phenols is 1. The molecule has 0 amide bonds. The Labute approximate surface area is 126 Å². The van der Waals surface area contributed by atoms with E-state index in [-0.39, 0.29) is 5.75 Å². The van der Waals surface area contributed by atoms with Crippen LogP contribution in [0.15, 0.2) is 42.5 Å². The summed E-state index contributed by atoms with van der Waals surface area (Å²) in [5.41, 5.74) is 0.958. The Balaban J connectivity index is 2.57. The summed E-state index contributed by atoms with van der Waals surface area (Å²) in [7, 11) is 1.30. The summed E-state index contributed by atoms with van der Waals surface area (Å²) >= 11 is 0. The van der Waals surface area contributed by atoms with Gasteiger partial charge in [-0.15, -0.1) is 0 Å². The Bertz CT molecular complexity index is 777. The smallest absolute Gasteiger partial charge is 0.315 e. The van der Waals surface area contributed by atoms with E-state index in [2.05, 4.69) is 6.07 Å². The van der Waals surface area contributed by atoms with E-state index in [1.807, 2.05) is 6.07 Å². The first-order chi connectivity index (χ1) is 10.6. The number of allylic oxidation sites excluding steroid dienone is 1. The molecule has 0 unspecified atom stereocenters. The minimum atomic E-state index is -0.705. The van der Waals surface area contributed by atoms with Gasteiger partial charge in [0.05, 0.1) is 23.7 Å². The van der Waals surface area contributed by atoms with Crippen molar-refractivity contribution in [1.82, 2.24) is 0 Å². The molecular formula is C16H12N2O4. The monoisotopic (exact) mass is 296 g/mol. The molecule has 0 atom stereocenters. The quantitative estimate of drug-likeness (QED) is 0.404. The minimum absolute atomic E-state index is 0.0224. The third kappa shape index (κ3) is 3.04. The van der Waals surface area contributed by atoms with Crippen LogP contribution in [0, 0.1) is 21.4 Å². The standard InChI is InChI=1S/C16H12N2O4/c1-22-15-9-11(8-14(16(15)19)18(20)21)7-13(10-17)12-5-3-2-4-6-12/h2-9,19H,1H3/b13-7+. The second-order valence-electron chi connectivity index (χ2n) is 4.38. The van der Waals surface area contributed by atoms with Gasteiger partial charge < -0.3 is 9.84 Å². The number of nitrogens with zero attached hydrogens (tertiary/aromatic N) is 2. The molecule has 0 heterocycles. The van der Waals surface area contributed by atoms with E-state index in [9.17, 15) is 20.5 Å². The highest BCUT2D eigenvalue weighted by Gasteiger charge is 2.19. The predicted molar refractivity (Wildman–Crippen MR) is 81.2 cm³/mol. The number of aromatic hydroxyl groups is 1. The van der Waals surface area contributed by atoms with Crippen molar-refractivity contribution in [1.29, 1.82) is 5.26 Å². The average molecular weight is 296 g/mol. The summed E-state index contributed by atoms with van der Waals surface area (Å²) in [6.45, 7) is 0. The number of benzene rings is 2. The van der Waals surface area contributed by atoms with Gasteiger partial charge >= 0.3 is 5.69 Å². The van der Waals surface area contributed by atoms with Crippen molar-refractivity contribution < 1.29 is 14.8 Å². The highest BCUT2D eigenvalue weighted by molar-refractivity contribution is 5.90. The molecule has 0 saturated carbocycles. The van der Waals surface area contributed by atoms with Crippen molar-refractivity contribution in [2.24, 2.45) is 0 Å². The zero-order valence-electron chi connectivity index (χ0n) is 11.7. The largest absolute Gasteiger partial charge is 0.500 e. The molecular weight excluding hydrogens is 284 g/mol. The molecule has 6 nitrogen and oxygen atoms in total. The Morgan fingerprint density at radius 2 is 2.05 bits per heavy atom. The molecule has 0 fully saturated rings. The molecule has 0 bridgehead atoms. The van der Waals surface area contributed by atoms with Gasteiger partial charge in [-0.3, -0.25) is 10.1 Å². The lowest BCUT2D eigenvalue weighted by molar-refractivity contribution is -0.386. The van der Waals surface area contributed by atoms with Gasteiger partial charge in [0.2, 0.25) is 5.75 Å². The lowest BCUT2D eigenvalue weighted by Crippen LogP contribution is -1.93. The molecule has 6 heteroatoms. The van der Waals surface area contributed by atoms with Crippen LogP contribution in [0.5, 0.6) is 11.5 Å². The second kappa shape index (κ2) is 6.41. The van der Waals surface area contributed by atoms with Gasteiger partial charge in [0.1, 0.15) is 0 Å². The molecule has 0 aliphatic carbocycles. The van der Waals surface area contributed by atoms with Crippen LogP contribution in [-0.2, 0) is 0 Å². The van der Waals surface area contributed by atoms with Crippen LogP contribution in [0.2, 0.25) is 0 Å². The lowest BCUT2D eigenvalue weighted by atomic mass is 10.0. The number of methoxy groups -OCH3 is 1. The number of ether oxygens (including phenoxy) is 1. The maximum atomic E-state index is 11.0. The third-order valence-corrected chi connectivity index (χ3v) is 3.01. The molecule has 0 spiro atoms. The second-order valence-corrected chi connectivity index (χ2v) is 4.38. The number of nitriles is 1. The molecule has 0 aromatic heterocycles. The van der Waals surface area contributed by atoms with E-state index in [4.69, 9.17) is 4.74 Å². The molecule has 2 aromatic rings. The molecule has 2 rings (SSSR count). The third-order valence-electron chi connectivity index (χ3n) is 3.01. The van der Waals surface area contributed by atoms with E-state index in [1.165, 1.54) is 25.3 Å². The summed E-state index contributed by atoms with van der Waals surface area (Å²) in [4.78, 5) is 10.3. The molecule has 0 saturated heterocycles. The van der Waals surface area contributed by atoms with Crippen molar-refractivity contribution in [3.8, 4) is 17.6 Å². The average Bonchev–Trinajstić information content (AvgIpc) is 2.54. The zero-order valence-corrected chi connectivity index (χ0v) is 11.7. The van der Waals surface area contributed by atoms with E-state index in [0.717, 1.165) is 0 Å². The van der Waals surface area contributed by atoms with Gasteiger partial charge in [0.25, 0.3) is 0 Å². The Hall–Kier alpha value is -3.33. The summed E-state index contributed by atoms with van der Waals surface area (Å²) in [6.07, 6.45) is 1.50. The van der Waals surface area contributed by atoms with Crippen LogP contribution in [-0.4, -0.2) is 17.1 Å². The molecule has 1 N–H and O–H groups in total. The normalized spacial score (nSPS) is 10.8. The van der Waals surface area contributed by atoms with Crippen molar-refractivity contribution in [2.45, 2.75) is 0 Å². The molecule has 0 aliphatic heterocycles. The zero-order chi connectivity index (χ0) is 16.1. The van der Waals surface area contributed by atoms with Crippen molar-refractivity contribution in [3.63, 3.8) is 0 Å². The first-order valence-electron chi connectivity index (χ1n) is 6.29. The fourth-order valence-corrected chi connectivity index (χ4v) is 1.96. The van der Waals surface area contributed by atoms with E-state index in [0.29, 0.717) is 16.7 Å². The van der Waals surface area contributed by atoms with Crippen LogP contribution in [0.3, 0.4) is 0 Å². The van der Waals surface area contributed by atoms with Gasteiger partial charge in [-0.05, 0) is 23.3 Å². The topological polar surface area (TPSA) is 96.4 Å². The van der Waals surface area contributed by atoms with Crippen LogP contribution < -0.4 is 4.74 Å². The maximum absolute atomic E-state index is 11.0. The lowest BCUT2D eigenvalue weighted by Gasteiger charge is -2.06. The van der Waals surface area contributed by atoms with Crippen LogP contribution >= 0.6 is 0 Å². The van der Waals surface area contributed by atoms with E-state index >= 15 is 0 Å². The van der Waals surface area contributed by atoms with Crippen molar-refractivity contribution in [2.75, 3.05) is 7.11 Å². The van der Waals surface area contributed by atoms with Gasteiger partial charge in [0, 0.05) is 6.07 Å². The van der Waals surface area contributed by atoms with Gasteiger partial charge in [-0.25, -0.2) is 0 Å². The van der Waals surface area contributed by atoms with Crippen LogP contribution in [0.1, 0.15) is 11.1 Å². The summed E-state index contributed by atoms with van der Waals surface area (Å²) in [6, 6.07) is 13.6. The van der Waals surface area contributed by atoms with E-state index < -0.39 is 16.4 Å². The summed E-state index contributed by atoms with van der Waals surface area (Å²) < 4.78 is 4.93. The van der Waals surface area contributed by atoms with Crippen molar-refractivity contribution in [3.05, 3.63) is 63.7 Å². The molecule has 110 valence electrons. The molecule has 0 radical (unpaired) electrons. The molecule has 0 aliphatic rings. The number of hydrogen-bond acceptors (Lipinski definition) is 5. The molecule has 2 aromatic carbocycles. The highest BCUT2D eigenvalue weighted by Crippen LogP contribution is 2.37. The fraction of sp³-hybridized carbons (Fsp3) is 0.0625. The molecule has 22 heavy (non-hydrogen) atoms. The number of nitro benzene ring substituents is 1. The summed E-state index contributed by atoms with van der Waals surface area (Å²) in [5.74, 6) is -0.561.